The van der Waals surface area contributed by atoms with E-state index in [4.69, 9.17) is 16.3 Å². The molecule has 1 aliphatic carbocycles. The lowest BCUT2D eigenvalue weighted by Gasteiger charge is -2.21. The number of ether oxygens (including phenoxy) is 1. The van der Waals surface area contributed by atoms with Crippen LogP contribution in [-0.4, -0.2) is 21.6 Å². The standard InChI is InChI=1S/C16H22ClN3O/c1-21-15-8-7-13-16(19-15)20(14(11-17)18-13)10-9-12-5-3-2-4-6-12/h7-8,12H,2-6,9-11H2,1H3. The molecule has 0 N–H and O–H groups in total. The number of nitrogens with zero attached hydrogens (tertiary/aromatic N) is 3. The Morgan fingerprint density at radius 2 is 2.05 bits per heavy atom. The number of aromatic nitrogens is 3. The van der Waals surface area contributed by atoms with Gasteiger partial charge in [-0.15, -0.1) is 11.6 Å². The average molecular weight is 308 g/mol. The first kappa shape index (κ1) is 14.6. The summed E-state index contributed by atoms with van der Waals surface area (Å²) >= 11 is 6.06. The third kappa shape index (κ3) is 3.15. The van der Waals surface area contributed by atoms with E-state index >= 15 is 0 Å². The topological polar surface area (TPSA) is 39.9 Å². The number of hydrogen-bond donors (Lipinski definition) is 0. The van der Waals surface area contributed by atoms with Gasteiger partial charge in [-0.2, -0.15) is 4.98 Å². The van der Waals surface area contributed by atoms with E-state index in [0.29, 0.717) is 11.8 Å². The van der Waals surface area contributed by atoms with Gasteiger partial charge in [0, 0.05) is 12.6 Å². The van der Waals surface area contributed by atoms with Crippen molar-refractivity contribution in [2.45, 2.75) is 50.9 Å². The highest BCUT2D eigenvalue weighted by Gasteiger charge is 2.16. The first-order chi connectivity index (χ1) is 10.3. The molecule has 2 aromatic rings. The number of methoxy groups -OCH3 is 1. The summed E-state index contributed by atoms with van der Waals surface area (Å²) in [7, 11) is 1.64. The van der Waals surface area contributed by atoms with Gasteiger partial charge in [-0.05, 0) is 18.4 Å². The van der Waals surface area contributed by atoms with Crippen LogP contribution >= 0.6 is 11.6 Å². The van der Waals surface area contributed by atoms with Crippen molar-refractivity contribution in [1.82, 2.24) is 14.5 Å². The molecule has 21 heavy (non-hydrogen) atoms. The minimum Gasteiger partial charge on any atom is -0.481 e. The molecule has 0 aliphatic heterocycles. The van der Waals surface area contributed by atoms with Gasteiger partial charge in [0.2, 0.25) is 5.88 Å². The smallest absolute Gasteiger partial charge is 0.215 e. The molecule has 0 amide bonds. The zero-order valence-electron chi connectivity index (χ0n) is 12.5. The summed E-state index contributed by atoms with van der Waals surface area (Å²) in [6.07, 6.45) is 8.07. The highest BCUT2D eigenvalue weighted by atomic mass is 35.5. The van der Waals surface area contributed by atoms with Gasteiger partial charge < -0.3 is 9.30 Å². The van der Waals surface area contributed by atoms with Gasteiger partial charge >= 0.3 is 0 Å². The van der Waals surface area contributed by atoms with Gasteiger partial charge in [0.05, 0.1) is 13.0 Å². The van der Waals surface area contributed by atoms with Crippen LogP contribution in [-0.2, 0) is 12.4 Å². The molecule has 2 heterocycles. The molecule has 3 rings (SSSR count). The second-order valence-electron chi connectivity index (χ2n) is 5.80. The molecule has 1 saturated carbocycles. The maximum atomic E-state index is 6.06. The van der Waals surface area contributed by atoms with E-state index in [1.54, 1.807) is 7.11 Å². The molecular formula is C16H22ClN3O. The van der Waals surface area contributed by atoms with Crippen molar-refractivity contribution in [3.8, 4) is 5.88 Å². The Morgan fingerprint density at radius 1 is 1.24 bits per heavy atom. The lowest BCUT2D eigenvalue weighted by atomic mass is 9.87. The maximum absolute atomic E-state index is 6.06. The number of rotatable bonds is 5. The van der Waals surface area contributed by atoms with Crippen LogP contribution in [0.1, 0.15) is 44.3 Å². The lowest BCUT2D eigenvalue weighted by molar-refractivity contribution is 0.324. The van der Waals surface area contributed by atoms with Crippen molar-refractivity contribution in [3.05, 3.63) is 18.0 Å². The normalized spacial score (nSPS) is 16.5. The highest BCUT2D eigenvalue weighted by molar-refractivity contribution is 6.16. The largest absolute Gasteiger partial charge is 0.481 e. The van der Waals surface area contributed by atoms with E-state index < -0.39 is 0 Å². The monoisotopic (exact) mass is 307 g/mol. The summed E-state index contributed by atoms with van der Waals surface area (Å²) in [6.45, 7) is 0.948. The number of halogens is 1. The zero-order valence-corrected chi connectivity index (χ0v) is 13.3. The van der Waals surface area contributed by atoms with Crippen molar-refractivity contribution in [3.63, 3.8) is 0 Å². The van der Waals surface area contributed by atoms with Crippen LogP contribution in [0.5, 0.6) is 5.88 Å². The molecule has 1 aliphatic rings. The molecule has 5 heteroatoms. The lowest BCUT2D eigenvalue weighted by Crippen LogP contribution is -2.12. The summed E-state index contributed by atoms with van der Waals surface area (Å²) < 4.78 is 7.40. The molecule has 1 fully saturated rings. The predicted molar refractivity (Wildman–Crippen MR) is 84.8 cm³/mol. The van der Waals surface area contributed by atoms with E-state index in [2.05, 4.69) is 14.5 Å². The number of pyridine rings is 1. The SMILES string of the molecule is COc1ccc2nc(CCl)n(CCC3CCCCC3)c2n1. The van der Waals surface area contributed by atoms with Crippen LogP contribution < -0.4 is 4.74 Å². The summed E-state index contributed by atoms with van der Waals surface area (Å²) in [5, 5.41) is 0. The molecule has 0 aromatic carbocycles. The van der Waals surface area contributed by atoms with E-state index in [1.165, 1.54) is 38.5 Å². The third-order valence-electron chi connectivity index (χ3n) is 4.46. The van der Waals surface area contributed by atoms with Crippen molar-refractivity contribution < 1.29 is 4.74 Å². The minimum atomic E-state index is 0.420. The molecule has 0 saturated heterocycles. The highest BCUT2D eigenvalue weighted by Crippen LogP contribution is 2.28. The first-order valence-electron chi connectivity index (χ1n) is 7.78. The molecule has 4 nitrogen and oxygen atoms in total. The molecule has 114 valence electrons. The second kappa shape index (κ2) is 6.65. The van der Waals surface area contributed by atoms with E-state index in [0.717, 1.165) is 29.5 Å². The van der Waals surface area contributed by atoms with Gasteiger partial charge in [-0.3, -0.25) is 0 Å². The molecular weight excluding hydrogens is 286 g/mol. The summed E-state index contributed by atoms with van der Waals surface area (Å²) in [5.74, 6) is 2.79. The van der Waals surface area contributed by atoms with Gasteiger partial charge in [0.15, 0.2) is 5.65 Å². The third-order valence-corrected chi connectivity index (χ3v) is 4.70. The van der Waals surface area contributed by atoms with Crippen molar-refractivity contribution >= 4 is 22.8 Å². The molecule has 0 bridgehead atoms. The Morgan fingerprint density at radius 3 is 2.76 bits per heavy atom. The Bertz CT molecular complexity index is 605. The van der Waals surface area contributed by atoms with Crippen LogP contribution in [0.3, 0.4) is 0 Å². The van der Waals surface area contributed by atoms with Gasteiger partial charge in [-0.1, -0.05) is 32.1 Å². The van der Waals surface area contributed by atoms with Crippen molar-refractivity contribution in [2.75, 3.05) is 7.11 Å². The zero-order chi connectivity index (χ0) is 14.7. The Hall–Kier alpha value is -1.29. The van der Waals surface area contributed by atoms with Crippen LogP contribution in [0.2, 0.25) is 0 Å². The molecule has 0 atom stereocenters. The fourth-order valence-electron chi connectivity index (χ4n) is 3.27. The van der Waals surface area contributed by atoms with Crippen LogP contribution in [0.4, 0.5) is 0 Å². The van der Waals surface area contributed by atoms with E-state index in [9.17, 15) is 0 Å². The van der Waals surface area contributed by atoms with Gasteiger partial charge in [-0.25, -0.2) is 4.98 Å². The number of aryl methyl sites for hydroxylation is 1. The first-order valence-corrected chi connectivity index (χ1v) is 8.31. The fraction of sp³-hybridized carbons (Fsp3) is 0.625. The Kier molecular flexibility index (Phi) is 4.63. The summed E-state index contributed by atoms with van der Waals surface area (Å²) in [6, 6.07) is 3.80. The van der Waals surface area contributed by atoms with E-state index in [1.807, 2.05) is 12.1 Å². The maximum Gasteiger partial charge on any atom is 0.215 e. The predicted octanol–water partition coefficient (Wildman–Crippen LogP) is 4.15. The fourth-order valence-corrected chi connectivity index (χ4v) is 3.47. The number of fused-ring (bicyclic) bond motifs is 1. The van der Waals surface area contributed by atoms with Crippen molar-refractivity contribution in [1.29, 1.82) is 0 Å². The second-order valence-corrected chi connectivity index (χ2v) is 6.07. The van der Waals surface area contributed by atoms with Crippen LogP contribution in [0.15, 0.2) is 12.1 Å². The van der Waals surface area contributed by atoms with Crippen LogP contribution in [0.25, 0.3) is 11.2 Å². The number of hydrogen-bond acceptors (Lipinski definition) is 3. The van der Waals surface area contributed by atoms with Crippen molar-refractivity contribution in [2.24, 2.45) is 5.92 Å². The molecule has 0 unspecified atom stereocenters. The minimum absolute atomic E-state index is 0.420. The summed E-state index contributed by atoms with van der Waals surface area (Å²) in [5.41, 5.74) is 1.79. The number of imidazole rings is 1. The number of alkyl halides is 1. The Labute approximate surface area is 130 Å². The Balaban J connectivity index is 1.84. The average Bonchev–Trinajstić information content (AvgIpc) is 2.90. The van der Waals surface area contributed by atoms with E-state index in [-0.39, 0.29) is 0 Å². The van der Waals surface area contributed by atoms with Gasteiger partial charge in [0.1, 0.15) is 11.3 Å². The molecule has 0 spiro atoms. The van der Waals surface area contributed by atoms with Crippen LogP contribution in [0, 0.1) is 5.92 Å². The molecule has 2 aromatic heterocycles. The molecule has 0 radical (unpaired) electrons. The summed E-state index contributed by atoms with van der Waals surface area (Å²) in [4.78, 5) is 9.13. The quantitative estimate of drug-likeness (QED) is 0.779. The van der Waals surface area contributed by atoms with Gasteiger partial charge in [0.25, 0.3) is 0 Å².